The number of nitrogens with zero attached hydrogens (tertiary/aromatic N) is 2. The molecule has 0 fully saturated rings. The average Bonchev–Trinajstić information content (AvgIpc) is 3.11. The minimum atomic E-state index is -0.0491. The number of rotatable bonds is 6. The Kier molecular flexibility index (Phi) is 5.84. The van der Waals surface area contributed by atoms with Crippen molar-refractivity contribution in [1.29, 1.82) is 0 Å². The maximum absolute atomic E-state index is 12.9. The summed E-state index contributed by atoms with van der Waals surface area (Å²) in [6.07, 6.45) is 3.17. The zero-order valence-corrected chi connectivity index (χ0v) is 19.1. The van der Waals surface area contributed by atoms with Crippen LogP contribution in [0.1, 0.15) is 48.1 Å². The van der Waals surface area contributed by atoms with E-state index in [0.717, 1.165) is 46.5 Å². The molecule has 1 aromatic carbocycles. The van der Waals surface area contributed by atoms with Gasteiger partial charge in [0, 0.05) is 23.1 Å². The molecule has 0 saturated carbocycles. The smallest absolute Gasteiger partial charge is 0.259 e. The number of nitrogens with one attached hydrogen (secondary N) is 1. The monoisotopic (exact) mass is 427 g/mol. The summed E-state index contributed by atoms with van der Waals surface area (Å²) in [5.41, 5.74) is 2.26. The highest BCUT2D eigenvalue weighted by Crippen LogP contribution is 2.36. The molecule has 0 unspecified atom stereocenters. The maximum atomic E-state index is 12.9. The van der Waals surface area contributed by atoms with Crippen LogP contribution in [0.2, 0.25) is 0 Å². The third-order valence-corrected chi connectivity index (χ3v) is 7.30. The van der Waals surface area contributed by atoms with Crippen molar-refractivity contribution in [3.63, 3.8) is 0 Å². The van der Waals surface area contributed by atoms with Crippen LogP contribution < -0.4 is 15.0 Å². The van der Waals surface area contributed by atoms with Gasteiger partial charge in [-0.2, -0.15) is 0 Å². The van der Waals surface area contributed by atoms with Crippen LogP contribution in [0.5, 0.6) is 11.5 Å². The van der Waals surface area contributed by atoms with E-state index in [1.807, 2.05) is 25.2 Å². The summed E-state index contributed by atoms with van der Waals surface area (Å²) in [6, 6.07) is 5.78. The summed E-state index contributed by atoms with van der Waals surface area (Å²) in [7, 11) is 5.33. The van der Waals surface area contributed by atoms with Crippen LogP contribution in [0.15, 0.2) is 23.0 Å². The SMILES string of the molecule is COc1ccc(CN(C)[C@@H](C)c2nc3sc4c(c3c(=O)[nH]2)CC[C@H](C)C4)c(OC)c1. The van der Waals surface area contributed by atoms with Gasteiger partial charge in [0.1, 0.15) is 22.2 Å². The molecule has 1 N–H and O–H groups in total. The molecule has 3 aromatic rings. The third-order valence-electron chi connectivity index (χ3n) is 6.15. The Labute approximate surface area is 180 Å². The van der Waals surface area contributed by atoms with E-state index in [1.54, 1.807) is 25.6 Å². The summed E-state index contributed by atoms with van der Waals surface area (Å²) < 4.78 is 10.8. The van der Waals surface area contributed by atoms with Crippen molar-refractivity contribution in [2.75, 3.05) is 21.3 Å². The van der Waals surface area contributed by atoms with Gasteiger partial charge in [0.25, 0.3) is 5.56 Å². The molecular weight excluding hydrogens is 398 g/mol. The number of methoxy groups -OCH3 is 2. The number of ether oxygens (including phenoxy) is 2. The van der Waals surface area contributed by atoms with Gasteiger partial charge in [-0.3, -0.25) is 9.69 Å². The van der Waals surface area contributed by atoms with Crippen molar-refractivity contribution in [2.24, 2.45) is 5.92 Å². The van der Waals surface area contributed by atoms with E-state index < -0.39 is 0 Å². The maximum Gasteiger partial charge on any atom is 0.259 e. The van der Waals surface area contributed by atoms with Gasteiger partial charge in [0.05, 0.1) is 25.6 Å². The van der Waals surface area contributed by atoms with Crippen LogP contribution in [0.4, 0.5) is 0 Å². The van der Waals surface area contributed by atoms with Crippen LogP contribution in [-0.2, 0) is 19.4 Å². The average molecular weight is 428 g/mol. The van der Waals surface area contributed by atoms with Crippen molar-refractivity contribution in [3.05, 3.63) is 50.4 Å². The van der Waals surface area contributed by atoms with Gasteiger partial charge < -0.3 is 14.5 Å². The number of aryl methyl sites for hydroxylation is 1. The second-order valence-electron chi connectivity index (χ2n) is 8.25. The van der Waals surface area contributed by atoms with E-state index in [9.17, 15) is 4.79 Å². The number of fused-ring (bicyclic) bond motifs is 3. The molecule has 1 aliphatic carbocycles. The van der Waals surface area contributed by atoms with Gasteiger partial charge in [-0.15, -0.1) is 11.3 Å². The fourth-order valence-electron chi connectivity index (χ4n) is 4.16. The molecule has 0 amide bonds. The molecule has 2 aromatic heterocycles. The summed E-state index contributed by atoms with van der Waals surface area (Å²) in [5, 5.41) is 0.803. The molecule has 4 rings (SSSR count). The number of aromatic amines is 1. The van der Waals surface area contributed by atoms with Crippen LogP contribution in [0.3, 0.4) is 0 Å². The summed E-state index contributed by atoms with van der Waals surface area (Å²) in [6.45, 7) is 5.01. The quantitative estimate of drug-likeness (QED) is 0.635. The Hall–Kier alpha value is -2.38. The lowest BCUT2D eigenvalue weighted by atomic mass is 9.89. The number of benzene rings is 1. The summed E-state index contributed by atoms with van der Waals surface area (Å²) >= 11 is 1.69. The highest BCUT2D eigenvalue weighted by molar-refractivity contribution is 7.18. The van der Waals surface area contributed by atoms with Gasteiger partial charge in [-0.1, -0.05) is 13.0 Å². The zero-order valence-electron chi connectivity index (χ0n) is 18.2. The lowest BCUT2D eigenvalue weighted by Gasteiger charge is -2.25. The fraction of sp³-hybridized carbons (Fsp3) is 0.478. The molecule has 1 aliphatic rings. The van der Waals surface area contributed by atoms with Crippen molar-refractivity contribution >= 4 is 21.6 Å². The molecule has 6 nitrogen and oxygen atoms in total. The molecule has 0 bridgehead atoms. The molecule has 30 heavy (non-hydrogen) atoms. The standard InChI is InChI=1S/C23H29N3O3S/c1-13-6-9-17-19(10-13)30-23-20(17)22(27)24-21(25-23)14(2)26(3)12-15-7-8-16(28-4)11-18(15)29-5/h7-8,11,13-14H,6,9-10,12H2,1-5H3,(H,24,25,27)/t13-,14-/m0/s1. The van der Waals surface area contributed by atoms with Gasteiger partial charge in [-0.05, 0) is 50.8 Å². The van der Waals surface area contributed by atoms with Gasteiger partial charge >= 0.3 is 0 Å². The van der Waals surface area contributed by atoms with Crippen LogP contribution in [0.25, 0.3) is 10.2 Å². The zero-order chi connectivity index (χ0) is 21.4. The number of hydrogen-bond acceptors (Lipinski definition) is 6. The Bertz CT molecular complexity index is 1120. The predicted octanol–water partition coefficient (Wildman–Crippen LogP) is 4.32. The first kappa shape index (κ1) is 20.9. The molecule has 0 spiro atoms. The first-order chi connectivity index (χ1) is 14.4. The molecule has 0 saturated heterocycles. The molecule has 0 radical (unpaired) electrons. The Morgan fingerprint density at radius 3 is 2.87 bits per heavy atom. The minimum absolute atomic E-state index is 0.00988. The third kappa shape index (κ3) is 3.84. The van der Waals surface area contributed by atoms with E-state index in [-0.39, 0.29) is 11.6 Å². The predicted molar refractivity (Wildman–Crippen MR) is 121 cm³/mol. The lowest BCUT2D eigenvalue weighted by Crippen LogP contribution is -2.26. The molecular formula is C23H29N3O3S. The van der Waals surface area contributed by atoms with E-state index in [4.69, 9.17) is 14.5 Å². The fourth-order valence-corrected chi connectivity index (χ4v) is 5.55. The summed E-state index contributed by atoms with van der Waals surface area (Å²) in [5.74, 6) is 2.92. The summed E-state index contributed by atoms with van der Waals surface area (Å²) in [4.78, 5) is 25.2. The van der Waals surface area contributed by atoms with E-state index in [2.05, 4.69) is 23.7 Å². The highest BCUT2D eigenvalue weighted by atomic mass is 32.1. The lowest BCUT2D eigenvalue weighted by molar-refractivity contribution is 0.240. The topological polar surface area (TPSA) is 67.5 Å². The first-order valence-electron chi connectivity index (χ1n) is 10.4. The van der Waals surface area contributed by atoms with Crippen LogP contribution in [-0.4, -0.2) is 36.1 Å². The van der Waals surface area contributed by atoms with Crippen molar-refractivity contribution in [2.45, 2.75) is 45.7 Å². The Morgan fingerprint density at radius 2 is 2.13 bits per heavy atom. The van der Waals surface area contributed by atoms with Gasteiger partial charge in [0.15, 0.2) is 0 Å². The largest absolute Gasteiger partial charge is 0.497 e. The number of thiophene rings is 1. The van der Waals surface area contributed by atoms with E-state index in [0.29, 0.717) is 18.3 Å². The first-order valence-corrected chi connectivity index (χ1v) is 11.2. The van der Waals surface area contributed by atoms with Gasteiger partial charge in [0.2, 0.25) is 0 Å². The minimum Gasteiger partial charge on any atom is -0.497 e. The van der Waals surface area contributed by atoms with Crippen molar-refractivity contribution < 1.29 is 9.47 Å². The van der Waals surface area contributed by atoms with Crippen LogP contribution in [0, 0.1) is 5.92 Å². The Balaban J connectivity index is 1.61. The number of H-pyrrole nitrogens is 1. The number of aromatic nitrogens is 2. The Morgan fingerprint density at radius 1 is 1.33 bits per heavy atom. The van der Waals surface area contributed by atoms with Crippen molar-refractivity contribution in [3.8, 4) is 11.5 Å². The highest BCUT2D eigenvalue weighted by Gasteiger charge is 2.24. The van der Waals surface area contributed by atoms with E-state index >= 15 is 0 Å². The molecule has 160 valence electrons. The molecule has 7 heteroatoms. The number of hydrogen-bond donors (Lipinski definition) is 1. The van der Waals surface area contributed by atoms with Crippen LogP contribution >= 0.6 is 11.3 Å². The molecule has 2 atom stereocenters. The van der Waals surface area contributed by atoms with Crippen molar-refractivity contribution in [1.82, 2.24) is 14.9 Å². The second kappa shape index (κ2) is 8.40. The normalized spacial score (nSPS) is 17.2. The second-order valence-corrected chi connectivity index (χ2v) is 9.34. The molecule has 0 aliphatic heterocycles. The molecule has 2 heterocycles. The van der Waals surface area contributed by atoms with E-state index in [1.165, 1.54) is 10.4 Å². The van der Waals surface area contributed by atoms with Gasteiger partial charge in [-0.25, -0.2) is 4.98 Å².